The molecule has 2 aliphatic rings. The highest BCUT2D eigenvalue weighted by molar-refractivity contribution is 5.88. The summed E-state index contributed by atoms with van der Waals surface area (Å²) in [7, 11) is 0. The second kappa shape index (κ2) is 10.1. The number of alkyl carbamates (subject to hydrolysis) is 1. The molecule has 0 saturated heterocycles. The number of nitrogens with one attached hydrogen (secondary N) is 1. The molecule has 2 aromatic rings. The zero-order valence-corrected chi connectivity index (χ0v) is 18.8. The third kappa shape index (κ3) is 4.87. The van der Waals surface area contributed by atoms with Crippen molar-refractivity contribution in [1.29, 1.82) is 0 Å². The van der Waals surface area contributed by atoms with E-state index in [4.69, 9.17) is 4.74 Å². The minimum Gasteiger partial charge on any atom is -0.480 e. The highest BCUT2D eigenvalue weighted by Gasteiger charge is 2.34. The summed E-state index contributed by atoms with van der Waals surface area (Å²) in [6.07, 6.45) is 3.22. The van der Waals surface area contributed by atoms with Gasteiger partial charge < -0.3 is 20.1 Å². The van der Waals surface area contributed by atoms with E-state index in [0.29, 0.717) is 6.42 Å². The molecule has 2 aliphatic carbocycles. The molecule has 1 fully saturated rings. The van der Waals surface area contributed by atoms with Crippen molar-refractivity contribution in [3.63, 3.8) is 0 Å². The van der Waals surface area contributed by atoms with E-state index in [-0.39, 0.29) is 31.0 Å². The van der Waals surface area contributed by atoms with Crippen molar-refractivity contribution in [2.45, 2.75) is 57.0 Å². The van der Waals surface area contributed by atoms with Crippen molar-refractivity contribution in [2.75, 3.05) is 13.2 Å². The molecule has 0 bridgehead atoms. The van der Waals surface area contributed by atoms with Crippen LogP contribution in [0.3, 0.4) is 0 Å². The van der Waals surface area contributed by atoms with Gasteiger partial charge in [0.1, 0.15) is 19.2 Å². The molecule has 0 radical (unpaired) electrons. The molecular formula is C26H30N2O5. The van der Waals surface area contributed by atoms with E-state index in [9.17, 15) is 19.5 Å². The summed E-state index contributed by atoms with van der Waals surface area (Å²) < 4.78 is 5.57. The topological polar surface area (TPSA) is 95.9 Å². The van der Waals surface area contributed by atoms with Gasteiger partial charge in [0.2, 0.25) is 5.91 Å². The van der Waals surface area contributed by atoms with E-state index < -0.39 is 18.1 Å². The fourth-order valence-electron chi connectivity index (χ4n) is 5.07. The molecule has 0 heterocycles. The standard InChI is InChI=1S/C26H30N2O5/c1-2-23(25(31)28(15-24(29)30)17-9-3-4-10-17)27-26(32)33-16-22-20-13-7-5-11-18(20)19-12-6-8-14-21(19)22/h5-8,11-14,17,22-23H,2-4,9-10,15-16H2,1H3,(H,27,32)(H,29,30)/t23-/m0/s1. The number of hydrogen-bond acceptors (Lipinski definition) is 4. The van der Waals surface area contributed by atoms with E-state index in [1.807, 2.05) is 36.4 Å². The lowest BCUT2D eigenvalue weighted by atomic mass is 9.98. The van der Waals surface area contributed by atoms with Crippen LogP contribution in [0.5, 0.6) is 0 Å². The predicted molar refractivity (Wildman–Crippen MR) is 124 cm³/mol. The molecule has 2 aromatic carbocycles. The van der Waals surface area contributed by atoms with Gasteiger partial charge >= 0.3 is 12.1 Å². The molecule has 33 heavy (non-hydrogen) atoms. The minimum absolute atomic E-state index is 0.0686. The summed E-state index contributed by atoms with van der Waals surface area (Å²) in [6.45, 7) is 1.60. The Balaban J connectivity index is 1.41. The van der Waals surface area contributed by atoms with Crippen molar-refractivity contribution >= 4 is 18.0 Å². The van der Waals surface area contributed by atoms with Crippen molar-refractivity contribution in [3.05, 3.63) is 59.7 Å². The molecule has 2 amide bonds. The molecule has 0 aromatic heterocycles. The Kier molecular flexibility index (Phi) is 6.96. The molecular weight excluding hydrogens is 420 g/mol. The average molecular weight is 451 g/mol. The van der Waals surface area contributed by atoms with Gasteiger partial charge in [-0.1, -0.05) is 68.3 Å². The third-order valence-corrected chi connectivity index (χ3v) is 6.70. The van der Waals surface area contributed by atoms with Crippen molar-refractivity contribution < 1.29 is 24.2 Å². The molecule has 174 valence electrons. The number of carboxylic acid groups (broad SMARTS) is 1. The number of carboxylic acids is 1. The Morgan fingerprint density at radius 2 is 1.61 bits per heavy atom. The van der Waals surface area contributed by atoms with Crippen molar-refractivity contribution in [2.24, 2.45) is 0 Å². The summed E-state index contributed by atoms with van der Waals surface area (Å²) in [5.74, 6) is -1.48. The SMILES string of the molecule is CC[C@H](NC(=O)OCC1c2ccccc2-c2ccccc21)C(=O)N(CC(=O)O)C1CCCC1. The average Bonchev–Trinajstić information content (AvgIpc) is 3.46. The van der Waals surface area contributed by atoms with Gasteiger partial charge in [-0.25, -0.2) is 4.79 Å². The first-order valence-electron chi connectivity index (χ1n) is 11.6. The lowest BCUT2D eigenvalue weighted by molar-refractivity contribution is -0.147. The summed E-state index contributed by atoms with van der Waals surface area (Å²) >= 11 is 0. The van der Waals surface area contributed by atoms with Crippen LogP contribution in [0, 0.1) is 0 Å². The lowest BCUT2D eigenvalue weighted by Gasteiger charge is -2.31. The molecule has 7 heteroatoms. The summed E-state index contributed by atoms with van der Waals surface area (Å²) in [5.41, 5.74) is 4.51. The summed E-state index contributed by atoms with van der Waals surface area (Å²) in [4.78, 5) is 38.5. The van der Waals surface area contributed by atoms with Gasteiger partial charge in [-0.3, -0.25) is 9.59 Å². The molecule has 7 nitrogen and oxygen atoms in total. The molecule has 0 spiro atoms. The number of carbonyl (C=O) groups is 3. The zero-order chi connectivity index (χ0) is 23.4. The van der Waals surface area contributed by atoms with Crippen LogP contribution in [0.2, 0.25) is 0 Å². The van der Waals surface area contributed by atoms with Crippen LogP contribution in [0.1, 0.15) is 56.1 Å². The quantitative estimate of drug-likeness (QED) is 0.630. The Bertz CT molecular complexity index is 985. The first-order chi connectivity index (χ1) is 16.0. The molecule has 0 unspecified atom stereocenters. The van der Waals surface area contributed by atoms with Crippen LogP contribution in [0.15, 0.2) is 48.5 Å². The van der Waals surface area contributed by atoms with Gasteiger partial charge in [0.05, 0.1) is 0 Å². The van der Waals surface area contributed by atoms with Gasteiger partial charge in [0.15, 0.2) is 0 Å². The van der Waals surface area contributed by atoms with Gasteiger partial charge in [-0.05, 0) is 41.5 Å². The van der Waals surface area contributed by atoms with Gasteiger partial charge in [-0.15, -0.1) is 0 Å². The third-order valence-electron chi connectivity index (χ3n) is 6.70. The maximum atomic E-state index is 13.1. The van der Waals surface area contributed by atoms with E-state index >= 15 is 0 Å². The Hall–Kier alpha value is -3.35. The Morgan fingerprint density at radius 1 is 1.03 bits per heavy atom. The van der Waals surface area contributed by atoms with E-state index in [0.717, 1.165) is 47.9 Å². The van der Waals surface area contributed by atoms with Gasteiger partial charge in [0.25, 0.3) is 0 Å². The van der Waals surface area contributed by atoms with Crippen LogP contribution >= 0.6 is 0 Å². The minimum atomic E-state index is -1.05. The number of ether oxygens (including phenoxy) is 1. The Morgan fingerprint density at radius 3 is 2.15 bits per heavy atom. The number of nitrogens with zero attached hydrogens (tertiary/aromatic N) is 1. The van der Waals surface area contributed by atoms with E-state index in [1.165, 1.54) is 4.90 Å². The molecule has 1 saturated carbocycles. The maximum absolute atomic E-state index is 13.1. The Labute approximate surface area is 193 Å². The number of fused-ring (bicyclic) bond motifs is 3. The summed E-state index contributed by atoms with van der Waals surface area (Å²) in [5, 5.41) is 12.0. The zero-order valence-electron chi connectivity index (χ0n) is 18.8. The van der Waals surface area contributed by atoms with Crippen LogP contribution in [0.4, 0.5) is 4.79 Å². The smallest absolute Gasteiger partial charge is 0.407 e. The highest BCUT2D eigenvalue weighted by atomic mass is 16.5. The number of aliphatic carboxylic acids is 1. The number of hydrogen-bond donors (Lipinski definition) is 2. The largest absolute Gasteiger partial charge is 0.480 e. The fourth-order valence-corrected chi connectivity index (χ4v) is 5.07. The number of rotatable bonds is 8. The van der Waals surface area contributed by atoms with Crippen molar-refractivity contribution in [1.82, 2.24) is 10.2 Å². The highest BCUT2D eigenvalue weighted by Crippen LogP contribution is 2.44. The normalized spacial score (nSPS) is 16.0. The predicted octanol–water partition coefficient (Wildman–Crippen LogP) is 4.16. The number of carbonyl (C=O) groups excluding carboxylic acids is 2. The van der Waals surface area contributed by atoms with Crippen molar-refractivity contribution in [3.8, 4) is 11.1 Å². The second-order valence-corrected chi connectivity index (χ2v) is 8.73. The summed E-state index contributed by atoms with van der Waals surface area (Å²) in [6, 6.07) is 15.3. The fraction of sp³-hybridized carbons (Fsp3) is 0.423. The van der Waals surface area contributed by atoms with E-state index in [2.05, 4.69) is 17.4 Å². The van der Waals surface area contributed by atoms with Gasteiger partial charge in [-0.2, -0.15) is 0 Å². The first kappa shape index (κ1) is 22.8. The van der Waals surface area contributed by atoms with Crippen LogP contribution in [-0.4, -0.2) is 53.2 Å². The first-order valence-corrected chi connectivity index (χ1v) is 11.6. The monoisotopic (exact) mass is 450 g/mol. The van der Waals surface area contributed by atoms with Crippen LogP contribution < -0.4 is 5.32 Å². The molecule has 1 atom stereocenters. The van der Waals surface area contributed by atoms with Crippen LogP contribution in [-0.2, 0) is 14.3 Å². The van der Waals surface area contributed by atoms with Gasteiger partial charge in [0, 0.05) is 12.0 Å². The van der Waals surface area contributed by atoms with E-state index in [1.54, 1.807) is 6.92 Å². The lowest BCUT2D eigenvalue weighted by Crippen LogP contribution is -2.52. The number of amides is 2. The molecule has 2 N–H and O–H groups in total. The second-order valence-electron chi connectivity index (χ2n) is 8.73. The molecule has 4 rings (SSSR count). The molecule has 0 aliphatic heterocycles. The van der Waals surface area contributed by atoms with Crippen LogP contribution in [0.25, 0.3) is 11.1 Å². The number of benzene rings is 2. The maximum Gasteiger partial charge on any atom is 0.407 e.